The minimum absolute atomic E-state index is 0.141. The van der Waals surface area contributed by atoms with E-state index in [4.69, 9.17) is 11.6 Å². The first-order valence-electron chi connectivity index (χ1n) is 5.49. The molecule has 1 amide bonds. The predicted octanol–water partition coefficient (Wildman–Crippen LogP) is 3.97. The number of nitrogens with one attached hydrogen (secondary N) is 1. The Labute approximate surface area is 115 Å². The van der Waals surface area contributed by atoms with Gasteiger partial charge in [-0.2, -0.15) is 0 Å². The quantitative estimate of drug-likeness (QED) is 0.904. The van der Waals surface area contributed by atoms with Crippen molar-refractivity contribution in [3.8, 4) is 0 Å². The number of hydrogen-bond acceptors (Lipinski definition) is 3. The number of aryl methyl sites for hydroxylation is 3. The highest BCUT2D eigenvalue weighted by atomic mass is 35.5. The second-order valence-corrected chi connectivity index (χ2v) is 5.68. The lowest BCUT2D eigenvalue weighted by Crippen LogP contribution is -2.11. The number of carbonyl (C=O) groups excluding carboxylic acids is 1. The molecule has 2 rings (SSSR count). The van der Waals surface area contributed by atoms with E-state index in [1.165, 1.54) is 11.3 Å². The van der Waals surface area contributed by atoms with E-state index in [1.54, 1.807) is 6.07 Å². The monoisotopic (exact) mass is 280 g/mol. The first-order chi connectivity index (χ1) is 8.47. The molecule has 1 heterocycles. The lowest BCUT2D eigenvalue weighted by molar-refractivity contribution is 0.103. The van der Waals surface area contributed by atoms with Gasteiger partial charge in [0, 0.05) is 10.7 Å². The maximum absolute atomic E-state index is 12.1. The molecule has 0 saturated carbocycles. The fourth-order valence-corrected chi connectivity index (χ4v) is 2.60. The van der Waals surface area contributed by atoms with Gasteiger partial charge in [0.15, 0.2) is 0 Å². The van der Waals surface area contributed by atoms with Crippen LogP contribution in [-0.2, 0) is 0 Å². The molecular weight excluding hydrogens is 268 g/mol. The number of carbonyl (C=O) groups is 1. The van der Waals surface area contributed by atoms with Crippen molar-refractivity contribution >= 4 is 34.5 Å². The summed E-state index contributed by atoms with van der Waals surface area (Å²) in [4.78, 5) is 16.9. The lowest BCUT2D eigenvalue weighted by atomic mass is 10.2. The van der Waals surface area contributed by atoms with Crippen molar-refractivity contribution < 1.29 is 4.79 Å². The van der Waals surface area contributed by atoms with Gasteiger partial charge < -0.3 is 5.32 Å². The number of amides is 1. The highest BCUT2D eigenvalue weighted by molar-refractivity contribution is 7.13. The zero-order valence-electron chi connectivity index (χ0n) is 10.4. The summed E-state index contributed by atoms with van der Waals surface area (Å²) < 4.78 is 0. The second kappa shape index (κ2) is 5.08. The van der Waals surface area contributed by atoms with E-state index in [1.807, 2.05) is 32.9 Å². The van der Waals surface area contributed by atoms with E-state index in [2.05, 4.69) is 10.3 Å². The molecule has 1 aromatic heterocycles. The molecule has 3 nitrogen and oxygen atoms in total. The number of thiazole rings is 1. The normalized spacial score (nSPS) is 10.4. The summed E-state index contributed by atoms with van der Waals surface area (Å²) in [5, 5.41) is 4.36. The molecule has 0 aliphatic rings. The van der Waals surface area contributed by atoms with E-state index >= 15 is 0 Å². The number of anilines is 1. The molecule has 18 heavy (non-hydrogen) atoms. The van der Waals surface area contributed by atoms with Crippen LogP contribution in [0.3, 0.4) is 0 Å². The van der Waals surface area contributed by atoms with E-state index < -0.39 is 0 Å². The number of hydrogen-bond donors (Lipinski definition) is 1. The van der Waals surface area contributed by atoms with E-state index in [-0.39, 0.29) is 5.91 Å². The molecule has 0 atom stereocenters. The van der Waals surface area contributed by atoms with Crippen LogP contribution in [0.2, 0.25) is 5.02 Å². The van der Waals surface area contributed by atoms with Gasteiger partial charge in [0.1, 0.15) is 4.88 Å². The van der Waals surface area contributed by atoms with Crippen molar-refractivity contribution in [3.05, 3.63) is 44.4 Å². The van der Waals surface area contributed by atoms with Crippen LogP contribution in [0.5, 0.6) is 0 Å². The highest BCUT2D eigenvalue weighted by Crippen LogP contribution is 2.22. The molecule has 94 valence electrons. The summed E-state index contributed by atoms with van der Waals surface area (Å²) >= 11 is 7.41. The van der Waals surface area contributed by atoms with Crippen LogP contribution < -0.4 is 5.32 Å². The maximum atomic E-state index is 12.1. The molecule has 0 aliphatic heterocycles. The summed E-state index contributed by atoms with van der Waals surface area (Å²) in [6.45, 7) is 5.64. The third-order valence-electron chi connectivity index (χ3n) is 2.54. The Bertz CT molecular complexity index is 607. The van der Waals surface area contributed by atoms with Gasteiger partial charge in [-0.25, -0.2) is 4.98 Å². The Morgan fingerprint density at radius 1 is 1.33 bits per heavy atom. The van der Waals surface area contributed by atoms with Gasteiger partial charge in [-0.3, -0.25) is 4.79 Å². The van der Waals surface area contributed by atoms with Crippen molar-refractivity contribution in [2.24, 2.45) is 0 Å². The fraction of sp³-hybridized carbons (Fsp3) is 0.231. The molecule has 0 bridgehead atoms. The zero-order chi connectivity index (χ0) is 13.3. The van der Waals surface area contributed by atoms with Gasteiger partial charge >= 0.3 is 0 Å². The van der Waals surface area contributed by atoms with Gasteiger partial charge in [-0.1, -0.05) is 17.7 Å². The molecule has 0 spiro atoms. The largest absolute Gasteiger partial charge is 0.321 e. The van der Waals surface area contributed by atoms with E-state index in [0.717, 1.165) is 16.3 Å². The van der Waals surface area contributed by atoms with Crippen LogP contribution >= 0.6 is 22.9 Å². The fourth-order valence-electron chi connectivity index (χ4n) is 1.60. The molecule has 1 aromatic carbocycles. The van der Waals surface area contributed by atoms with Crippen molar-refractivity contribution in [2.75, 3.05) is 5.32 Å². The number of nitrogens with zero attached hydrogens (tertiary/aromatic N) is 1. The Kier molecular flexibility index (Phi) is 3.68. The molecule has 0 radical (unpaired) electrons. The summed E-state index contributed by atoms with van der Waals surface area (Å²) in [5.74, 6) is -0.141. The van der Waals surface area contributed by atoms with Gasteiger partial charge in [-0.15, -0.1) is 11.3 Å². The van der Waals surface area contributed by atoms with Gasteiger partial charge in [0.25, 0.3) is 5.91 Å². The third-order valence-corrected chi connectivity index (χ3v) is 4.02. The summed E-state index contributed by atoms with van der Waals surface area (Å²) in [5.41, 5.74) is 2.44. The summed E-state index contributed by atoms with van der Waals surface area (Å²) in [6, 6.07) is 5.46. The topological polar surface area (TPSA) is 42.0 Å². The molecule has 0 fully saturated rings. The van der Waals surface area contributed by atoms with Crippen LogP contribution in [0.25, 0.3) is 0 Å². The number of halogens is 1. The Hall–Kier alpha value is -1.39. The SMILES string of the molecule is Cc1nc(C)c(C(=O)Nc2ccc(C)c(Cl)c2)s1. The van der Waals surface area contributed by atoms with Crippen LogP contribution in [0.1, 0.15) is 25.9 Å². The Morgan fingerprint density at radius 2 is 2.06 bits per heavy atom. The second-order valence-electron chi connectivity index (χ2n) is 4.07. The number of aromatic nitrogens is 1. The molecule has 2 aromatic rings. The molecule has 0 aliphatic carbocycles. The Balaban J connectivity index is 2.21. The lowest BCUT2D eigenvalue weighted by Gasteiger charge is -2.05. The first-order valence-corrected chi connectivity index (χ1v) is 6.68. The Morgan fingerprint density at radius 3 is 2.61 bits per heavy atom. The van der Waals surface area contributed by atoms with Crippen LogP contribution in [0.15, 0.2) is 18.2 Å². The average Bonchev–Trinajstić information content (AvgIpc) is 2.63. The molecular formula is C13H13ClN2OS. The standard InChI is InChI=1S/C13H13ClN2OS/c1-7-4-5-10(6-11(7)14)16-13(17)12-8(2)15-9(3)18-12/h4-6H,1-3H3,(H,16,17). The number of benzene rings is 1. The summed E-state index contributed by atoms with van der Waals surface area (Å²) in [7, 11) is 0. The number of rotatable bonds is 2. The van der Waals surface area contributed by atoms with Gasteiger partial charge in [-0.05, 0) is 38.5 Å². The van der Waals surface area contributed by atoms with Crippen LogP contribution in [-0.4, -0.2) is 10.9 Å². The minimum atomic E-state index is -0.141. The highest BCUT2D eigenvalue weighted by Gasteiger charge is 2.14. The smallest absolute Gasteiger partial charge is 0.267 e. The van der Waals surface area contributed by atoms with Crippen LogP contribution in [0, 0.1) is 20.8 Å². The van der Waals surface area contributed by atoms with Crippen molar-refractivity contribution in [3.63, 3.8) is 0 Å². The van der Waals surface area contributed by atoms with Crippen molar-refractivity contribution in [1.82, 2.24) is 4.98 Å². The minimum Gasteiger partial charge on any atom is -0.321 e. The average molecular weight is 281 g/mol. The van der Waals surface area contributed by atoms with E-state index in [0.29, 0.717) is 15.6 Å². The summed E-state index contributed by atoms with van der Waals surface area (Å²) in [6.07, 6.45) is 0. The molecule has 1 N–H and O–H groups in total. The molecule has 0 saturated heterocycles. The van der Waals surface area contributed by atoms with Gasteiger partial charge in [0.2, 0.25) is 0 Å². The predicted molar refractivity (Wildman–Crippen MR) is 75.7 cm³/mol. The van der Waals surface area contributed by atoms with Crippen molar-refractivity contribution in [1.29, 1.82) is 0 Å². The molecule has 0 unspecified atom stereocenters. The van der Waals surface area contributed by atoms with Crippen LogP contribution in [0.4, 0.5) is 5.69 Å². The maximum Gasteiger partial charge on any atom is 0.267 e. The molecule has 5 heteroatoms. The van der Waals surface area contributed by atoms with E-state index in [9.17, 15) is 4.79 Å². The first kappa shape index (κ1) is 13.1. The zero-order valence-corrected chi connectivity index (χ0v) is 11.9. The third kappa shape index (κ3) is 2.71. The van der Waals surface area contributed by atoms with Crippen molar-refractivity contribution in [2.45, 2.75) is 20.8 Å². The van der Waals surface area contributed by atoms with Gasteiger partial charge in [0.05, 0.1) is 10.7 Å².